The molecule has 1 amide bonds. The van der Waals surface area contributed by atoms with Gasteiger partial charge in [0.2, 0.25) is 5.91 Å². The zero-order chi connectivity index (χ0) is 15.7. The maximum Gasteiger partial charge on any atom is 0.262 e. The fourth-order valence-corrected chi connectivity index (χ4v) is 2.88. The van der Waals surface area contributed by atoms with E-state index >= 15 is 0 Å². The highest BCUT2D eigenvalue weighted by Gasteiger charge is 2.10. The van der Waals surface area contributed by atoms with Crippen LogP contribution in [0, 0.1) is 5.82 Å². The van der Waals surface area contributed by atoms with E-state index < -0.39 is 11.7 Å². The number of fused-ring (bicyclic) bond motifs is 1. The Hall–Kier alpha value is -2.25. The highest BCUT2D eigenvalue weighted by atomic mass is 35.5. The Balaban J connectivity index is 1.81. The van der Waals surface area contributed by atoms with Crippen LogP contribution in [0.15, 0.2) is 40.8 Å². The lowest BCUT2D eigenvalue weighted by molar-refractivity contribution is -0.116. The molecule has 0 aliphatic heterocycles. The van der Waals surface area contributed by atoms with E-state index in [-0.39, 0.29) is 22.8 Å². The van der Waals surface area contributed by atoms with Crippen LogP contribution in [0.1, 0.15) is 0 Å². The molecule has 3 rings (SSSR count). The standard InChI is InChI=1S/C14H9ClFN3O2S/c15-10-5-8(16)1-2-11(10)18-12(20)6-19-7-17-13-9(14(19)21)3-4-22-13/h1-5,7H,6H2,(H,18,20). The number of hydrogen-bond acceptors (Lipinski definition) is 4. The average Bonchev–Trinajstić information content (AvgIpc) is 2.94. The van der Waals surface area contributed by atoms with Gasteiger partial charge in [-0.2, -0.15) is 0 Å². The minimum absolute atomic E-state index is 0.0899. The van der Waals surface area contributed by atoms with E-state index in [0.717, 1.165) is 6.07 Å². The van der Waals surface area contributed by atoms with Crippen LogP contribution in [-0.4, -0.2) is 15.5 Å². The summed E-state index contributed by atoms with van der Waals surface area (Å²) >= 11 is 7.19. The zero-order valence-corrected chi connectivity index (χ0v) is 12.6. The van der Waals surface area contributed by atoms with Crippen molar-refractivity contribution in [3.8, 4) is 0 Å². The maximum atomic E-state index is 13.0. The van der Waals surface area contributed by atoms with Gasteiger partial charge < -0.3 is 5.32 Å². The second-order valence-electron chi connectivity index (χ2n) is 4.49. The number of nitrogens with zero attached hydrogens (tertiary/aromatic N) is 2. The fraction of sp³-hybridized carbons (Fsp3) is 0.0714. The summed E-state index contributed by atoms with van der Waals surface area (Å²) < 4.78 is 14.2. The number of anilines is 1. The number of thiophene rings is 1. The minimum atomic E-state index is -0.494. The van der Waals surface area contributed by atoms with Crippen molar-refractivity contribution in [2.75, 3.05) is 5.32 Å². The van der Waals surface area contributed by atoms with Gasteiger partial charge >= 0.3 is 0 Å². The molecule has 0 atom stereocenters. The summed E-state index contributed by atoms with van der Waals surface area (Å²) in [4.78, 5) is 28.9. The molecule has 0 spiro atoms. The number of carbonyl (C=O) groups excluding carboxylic acids is 1. The molecule has 0 bridgehead atoms. The van der Waals surface area contributed by atoms with Gasteiger partial charge in [0.05, 0.1) is 22.4 Å². The van der Waals surface area contributed by atoms with E-state index in [9.17, 15) is 14.0 Å². The van der Waals surface area contributed by atoms with Crippen LogP contribution in [0.2, 0.25) is 5.02 Å². The molecular weight excluding hydrogens is 329 g/mol. The van der Waals surface area contributed by atoms with Gasteiger partial charge in [-0.3, -0.25) is 14.2 Å². The molecule has 0 fully saturated rings. The van der Waals surface area contributed by atoms with Gasteiger partial charge in [-0.15, -0.1) is 11.3 Å². The van der Waals surface area contributed by atoms with Crippen molar-refractivity contribution in [2.45, 2.75) is 6.54 Å². The zero-order valence-electron chi connectivity index (χ0n) is 11.0. The Morgan fingerprint density at radius 1 is 1.41 bits per heavy atom. The van der Waals surface area contributed by atoms with Crippen molar-refractivity contribution in [3.05, 3.63) is 57.2 Å². The number of rotatable bonds is 3. The van der Waals surface area contributed by atoms with Gasteiger partial charge in [0.25, 0.3) is 5.56 Å². The van der Waals surface area contributed by atoms with Gasteiger partial charge in [-0.25, -0.2) is 9.37 Å². The normalized spacial score (nSPS) is 10.8. The van der Waals surface area contributed by atoms with Gasteiger partial charge in [0.1, 0.15) is 17.2 Å². The van der Waals surface area contributed by atoms with Gasteiger partial charge in [0.15, 0.2) is 0 Å². The summed E-state index contributed by atoms with van der Waals surface area (Å²) in [5.74, 6) is -0.946. The molecule has 3 aromatic rings. The lowest BCUT2D eigenvalue weighted by Gasteiger charge is -2.08. The summed E-state index contributed by atoms with van der Waals surface area (Å²) in [5, 5.41) is 4.86. The number of benzene rings is 1. The third-order valence-corrected chi connectivity index (χ3v) is 4.10. The molecule has 2 heterocycles. The van der Waals surface area contributed by atoms with Crippen LogP contribution < -0.4 is 10.9 Å². The first-order valence-electron chi connectivity index (χ1n) is 6.22. The van der Waals surface area contributed by atoms with Crippen molar-refractivity contribution in [3.63, 3.8) is 0 Å². The second-order valence-corrected chi connectivity index (χ2v) is 5.79. The summed E-state index contributed by atoms with van der Waals surface area (Å²) in [6.07, 6.45) is 1.33. The van der Waals surface area contributed by atoms with Crippen molar-refractivity contribution in [1.29, 1.82) is 0 Å². The maximum absolute atomic E-state index is 13.0. The Kier molecular flexibility index (Phi) is 3.91. The number of carbonyl (C=O) groups is 1. The first-order chi connectivity index (χ1) is 10.5. The van der Waals surface area contributed by atoms with Crippen molar-refractivity contribution >= 4 is 44.7 Å². The smallest absolute Gasteiger partial charge is 0.262 e. The Bertz CT molecular complexity index is 922. The highest BCUT2D eigenvalue weighted by Crippen LogP contribution is 2.22. The molecule has 0 saturated heterocycles. The summed E-state index contributed by atoms with van der Waals surface area (Å²) in [5.41, 5.74) is -0.00251. The predicted octanol–water partition coefficient (Wildman–Crippen LogP) is 2.89. The molecule has 2 aromatic heterocycles. The monoisotopic (exact) mass is 337 g/mol. The predicted molar refractivity (Wildman–Crippen MR) is 83.9 cm³/mol. The molecule has 5 nitrogen and oxygen atoms in total. The van der Waals surface area contributed by atoms with Crippen LogP contribution in [0.25, 0.3) is 10.2 Å². The van der Waals surface area contributed by atoms with Gasteiger partial charge in [-0.05, 0) is 29.6 Å². The molecule has 8 heteroatoms. The molecule has 22 heavy (non-hydrogen) atoms. The lowest BCUT2D eigenvalue weighted by Crippen LogP contribution is -2.27. The molecule has 0 aliphatic rings. The first-order valence-corrected chi connectivity index (χ1v) is 7.48. The fourth-order valence-electron chi connectivity index (χ4n) is 1.94. The van der Waals surface area contributed by atoms with Crippen molar-refractivity contribution in [2.24, 2.45) is 0 Å². The van der Waals surface area contributed by atoms with E-state index in [1.807, 2.05) is 0 Å². The van der Waals surface area contributed by atoms with Crippen molar-refractivity contribution in [1.82, 2.24) is 9.55 Å². The van der Waals surface area contributed by atoms with Crippen LogP contribution in [0.5, 0.6) is 0 Å². The second kappa shape index (κ2) is 5.86. The number of aromatic nitrogens is 2. The van der Waals surface area contributed by atoms with Gasteiger partial charge in [0, 0.05) is 0 Å². The summed E-state index contributed by atoms with van der Waals surface area (Å²) in [7, 11) is 0. The molecule has 112 valence electrons. The van der Waals surface area contributed by atoms with Crippen LogP contribution >= 0.6 is 22.9 Å². The molecule has 0 unspecified atom stereocenters. The van der Waals surface area contributed by atoms with Crippen LogP contribution in [-0.2, 0) is 11.3 Å². The number of halogens is 2. The van der Waals surface area contributed by atoms with E-state index in [2.05, 4.69) is 10.3 Å². The largest absolute Gasteiger partial charge is 0.323 e. The third-order valence-electron chi connectivity index (χ3n) is 2.97. The average molecular weight is 338 g/mol. The third kappa shape index (κ3) is 2.86. The molecular formula is C14H9ClFN3O2S. The first kappa shape index (κ1) is 14.7. The Labute approximate surface area is 133 Å². The van der Waals surface area contributed by atoms with E-state index in [0.29, 0.717) is 10.2 Å². The summed E-state index contributed by atoms with van der Waals surface area (Å²) in [6, 6.07) is 5.31. The summed E-state index contributed by atoms with van der Waals surface area (Å²) in [6.45, 7) is -0.203. The van der Waals surface area contributed by atoms with Crippen LogP contribution in [0.4, 0.5) is 10.1 Å². The topological polar surface area (TPSA) is 64.0 Å². The molecule has 1 aromatic carbocycles. The molecule has 0 aliphatic carbocycles. The molecule has 1 N–H and O–H groups in total. The van der Waals surface area contributed by atoms with E-state index in [1.54, 1.807) is 11.4 Å². The number of amides is 1. The van der Waals surface area contributed by atoms with E-state index in [4.69, 9.17) is 11.6 Å². The lowest BCUT2D eigenvalue weighted by atomic mass is 10.3. The van der Waals surface area contributed by atoms with Crippen LogP contribution in [0.3, 0.4) is 0 Å². The molecule has 0 saturated carbocycles. The Morgan fingerprint density at radius 3 is 3.00 bits per heavy atom. The van der Waals surface area contributed by atoms with Gasteiger partial charge in [-0.1, -0.05) is 11.6 Å². The molecule has 0 radical (unpaired) electrons. The quantitative estimate of drug-likeness (QED) is 0.799. The Morgan fingerprint density at radius 2 is 2.23 bits per heavy atom. The minimum Gasteiger partial charge on any atom is -0.323 e. The SMILES string of the molecule is O=C(Cn1cnc2sccc2c1=O)Nc1ccc(F)cc1Cl. The van der Waals surface area contributed by atoms with E-state index in [1.165, 1.54) is 34.4 Å². The van der Waals surface area contributed by atoms with Crippen molar-refractivity contribution < 1.29 is 9.18 Å². The number of hydrogen-bond donors (Lipinski definition) is 1. The highest BCUT2D eigenvalue weighted by molar-refractivity contribution is 7.16. The number of nitrogens with one attached hydrogen (secondary N) is 1.